The molecule has 0 saturated carbocycles. The molecule has 0 bridgehead atoms. The molecule has 0 atom stereocenters. The van der Waals surface area contributed by atoms with Gasteiger partial charge in [-0.2, -0.15) is 0 Å². The Kier molecular flexibility index (Phi) is 5.17. The van der Waals surface area contributed by atoms with Crippen molar-refractivity contribution in [2.45, 2.75) is 38.8 Å². The molecule has 2 heterocycles. The molecule has 1 N–H and O–H groups in total. The maximum atomic E-state index is 12.8. The number of nitrogens with zero attached hydrogens (tertiary/aromatic N) is 3. The predicted molar refractivity (Wildman–Crippen MR) is 85.6 cm³/mol. The van der Waals surface area contributed by atoms with Crippen LogP contribution < -0.4 is 5.32 Å². The number of hydrogen-bond donors (Lipinski definition) is 1. The SMILES string of the molecule is CC(C)Nc1ncccc1C(=O)N(C)C1CCN(C)CC1. The zero-order chi connectivity index (χ0) is 15.4. The van der Waals surface area contributed by atoms with Crippen molar-refractivity contribution in [1.29, 1.82) is 0 Å². The van der Waals surface area contributed by atoms with Gasteiger partial charge in [-0.25, -0.2) is 4.98 Å². The Morgan fingerprint density at radius 2 is 2.10 bits per heavy atom. The van der Waals surface area contributed by atoms with E-state index in [2.05, 4.69) is 22.2 Å². The number of pyridine rings is 1. The molecule has 0 aromatic carbocycles. The third-order valence-electron chi connectivity index (χ3n) is 4.02. The molecule has 1 aliphatic heterocycles. The Labute approximate surface area is 127 Å². The highest BCUT2D eigenvalue weighted by Gasteiger charge is 2.26. The molecule has 0 spiro atoms. The van der Waals surface area contributed by atoms with Gasteiger partial charge in [-0.3, -0.25) is 4.79 Å². The molecule has 1 aromatic heterocycles. The number of piperidine rings is 1. The number of anilines is 1. The van der Waals surface area contributed by atoms with E-state index in [0.29, 0.717) is 17.4 Å². The molecule has 1 amide bonds. The average Bonchev–Trinajstić information content (AvgIpc) is 2.46. The van der Waals surface area contributed by atoms with Crippen molar-refractivity contribution in [2.24, 2.45) is 0 Å². The monoisotopic (exact) mass is 290 g/mol. The second kappa shape index (κ2) is 6.89. The molecule has 5 heteroatoms. The lowest BCUT2D eigenvalue weighted by molar-refractivity contribution is 0.0660. The van der Waals surface area contributed by atoms with Crippen molar-refractivity contribution < 1.29 is 4.79 Å². The van der Waals surface area contributed by atoms with Crippen molar-refractivity contribution in [2.75, 3.05) is 32.5 Å². The first-order chi connectivity index (χ1) is 9.99. The maximum Gasteiger partial charge on any atom is 0.257 e. The number of rotatable bonds is 4. The summed E-state index contributed by atoms with van der Waals surface area (Å²) in [5.74, 6) is 0.734. The number of amides is 1. The smallest absolute Gasteiger partial charge is 0.257 e. The van der Waals surface area contributed by atoms with Gasteiger partial charge in [-0.1, -0.05) is 0 Å². The normalized spacial score (nSPS) is 17.0. The van der Waals surface area contributed by atoms with E-state index in [0.717, 1.165) is 25.9 Å². The summed E-state index contributed by atoms with van der Waals surface area (Å²) in [6.07, 6.45) is 3.79. The summed E-state index contributed by atoms with van der Waals surface area (Å²) < 4.78 is 0. The van der Waals surface area contributed by atoms with Gasteiger partial charge in [0.05, 0.1) is 5.56 Å². The number of likely N-dealkylation sites (tertiary alicyclic amines) is 1. The summed E-state index contributed by atoms with van der Waals surface area (Å²) in [5, 5.41) is 3.25. The predicted octanol–water partition coefficient (Wildman–Crippen LogP) is 2.07. The molecular formula is C16H26N4O. The van der Waals surface area contributed by atoms with Crippen LogP contribution in [0.1, 0.15) is 37.0 Å². The zero-order valence-corrected chi connectivity index (χ0v) is 13.5. The highest BCUT2D eigenvalue weighted by atomic mass is 16.2. The number of carbonyl (C=O) groups is 1. The van der Waals surface area contributed by atoms with E-state index in [-0.39, 0.29) is 11.9 Å². The van der Waals surface area contributed by atoms with E-state index in [9.17, 15) is 4.79 Å². The molecule has 1 saturated heterocycles. The van der Waals surface area contributed by atoms with Crippen LogP contribution in [0.15, 0.2) is 18.3 Å². The molecule has 0 unspecified atom stereocenters. The van der Waals surface area contributed by atoms with Crippen molar-refractivity contribution >= 4 is 11.7 Å². The Balaban J connectivity index is 2.12. The molecule has 1 aromatic rings. The molecule has 0 aliphatic carbocycles. The van der Waals surface area contributed by atoms with Crippen LogP contribution in [0.4, 0.5) is 5.82 Å². The van der Waals surface area contributed by atoms with E-state index in [1.807, 2.05) is 37.9 Å². The minimum Gasteiger partial charge on any atom is -0.367 e. The van der Waals surface area contributed by atoms with E-state index >= 15 is 0 Å². The van der Waals surface area contributed by atoms with Crippen LogP contribution in [0.3, 0.4) is 0 Å². The van der Waals surface area contributed by atoms with Gasteiger partial charge in [0.1, 0.15) is 5.82 Å². The second-order valence-electron chi connectivity index (χ2n) is 6.15. The van der Waals surface area contributed by atoms with E-state index in [1.54, 1.807) is 6.20 Å². The summed E-state index contributed by atoms with van der Waals surface area (Å²) >= 11 is 0. The number of hydrogen-bond acceptors (Lipinski definition) is 4. The molecule has 116 valence electrons. The van der Waals surface area contributed by atoms with Crippen LogP contribution in [0.5, 0.6) is 0 Å². The van der Waals surface area contributed by atoms with Gasteiger partial charge >= 0.3 is 0 Å². The van der Waals surface area contributed by atoms with Crippen molar-refractivity contribution in [1.82, 2.24) is 14.8 Å². The third kappa shape index (κ3) is 3.94. The van der Waals surface area contributed by atoms with E-state index in [1.165, 1.54) is 0 Å². The van der Waals surface area contributed by atoms with Gasteiger partial charge in [-0.15, -0.1) is 0 Å². The molecule has 2 rings (SSSR count). The van der Waals surface area contributed by atoms with E-state index < -0.39 is 0 Å². The summed E-state index contributed by atoms with van der Waals surface area (Å²) in [6, 6.07) is 4.24. The van der Waals surface area contributed by atoms with Crippen LogP contribution in [0.25, 0.3) is 0 Å². The number of aromatic nitrogens is 1. The van der Waals surface area contributed by atoms with Gasteiger partial charge in [0, 0.05) is 25.3 Å². The van der Waals surface area contributed by atoms with E-state index in [4.69, 9.17) is 0 Å². The van der Waals surface area contributed by atoms with Crippen LogP contribution in [-0.4, -0.2) is 60.0 Å². The van der Waals surface area contributed by atoms with Gasteiger partial charge in [-0.05, 0) is 59.0 Å². The Morgan fingerprint density at radius 1 is 1.43 bits per heavy atom. The second-order valence-corrected chi connectivity index (χ2v) is 6.15. The topological polar surface area (TPSA) is 48.5 Å². The van der Waals surface area contributed by atoms with Crippen molar-refractivity contribution in [3.8, 4) is 0 Å². The molecule has 0 radical (unpaired) electrons. The lowest BCUT2D eigenvalue weighted by atomic mass is 10.0. The quantitative estimate of drug-likeness (QED) is 0.922. The largest absolute Gasteiger partial charge is 0.367 e. The molecule has 21 heavy (non-hydrogen) atoms. The number of nitrogens with one attached hydrogen (secondary N) is 1. The Morgan fingerprint density at radius 3 is 2.71 bits per heavy atom. The first-order valence-electron chi connectivity index (χ1n) is 7.66. The number of carbonyl (C=O) groups excluding carboxylic acids is 1. The minimum atomic E-state index is 0.0563. The molecule has 1 fully saturated rings. The average molecular weight is 290 g/mol. The summed E-state index contributed by atoms with van der Waals surface area (Å²) in [7, 11) is 4.04. The lowest BCUT2D eigenvalue weighted by Crippen LogP contribution is -2.44. The summed E-state index contributed by atoms with van der Waals surface area (Å²) in [6.45, 7) is 6.19. The van der Waals surface area contributed by atoms with Crippen molar-refractivity contribution in [3.63, 3.8) is 0 Å². The Hall–Kier alpha value is -1.62. The molecule has 5 nitrogen and oxygen atoms in total. The first kappa shape index (κ1) is 15.8. The fourth-order valence-electron chi connectivity index (χ4n) is 2.70. The van der Waals surface area contributed by atoms with Gasteiger partial charge in [0.2, 0.25) is 0 Å². The molecular weight excluding hydrogens is 264 g/mol. The first-order valence-corrected chi connectivity index (χ1v) is 7.66. The Bertz CT molecular complexity index is 481. The van der Waals surface area contributed by atoms with Crippen LogP contribution in [-0.2, 0) is 0 Å². The van der Waals surface area contributed by atoms with Gasteiger partial charge in [0.25, 0.3) is 5.91 Å². The van der Waals surface area contributed by atoms with Gasteiger partial charge < -0.3 is 15.1 Å². The highest BCUT2D eigenvalue weighted by molar-refractivity contribution is 5.98. The van der Waals surface area contributed by atoms with Crippen molar-refractivity contribution in [3.05, 3.63) is 23.9 Å². The van der Waals surface area contributed by atoms with Crippen LogP contribution in [0.2, 0.25) is 0 Å². The standard InChI is InChI=1S/C16H26N4O/c1-12(2)18-15-14(6-5-9-17-15)16(21)20(4)13-7-10-19(3)11-8-13/h5-6,9,12-13H,7-8,10-11H2,1-4H3,(H,17,18). The zero-order valence-electron chi connectivity index (χ0n) is 13.5. The summed E-state index contributed by atoms with van der Waals surface area (Å²) in [5.41, 5.74) is 0.660. The fourth-order valence-corrected chi connectivity index (χ4v) is 2.70. The van der Waals surface area contributed by atoms with Gasteiger partial charge in [0.15, 0.2) is 0 Å². The fraction of sp³-hybridized carbons (Fsp3) is 0.625. The highest BCUT2D eigenvalue weighted by Crippen LogP contribution is 2.20. The lowest BCUT2D eigenvalue weighted by Gasteiger charge is -2.35. The van der Waals surface area contributed by atoms with Crippen LogP contribution >= 0.6 is 0 Å². The molecule has 1 aliphatic rings. The maximum absolute atomic E-state index is 12.8. The summed E-state index contributed by atoms with van der Waals surface area (Å²) in [4.78, 5) is 21.3. The minimum absolute atomic E-state index is 0.0563. The van der Waals surface area contributed by atoms with Crippen LogP contribution in [0, 0.1) is 0 Å². The third-order valence-corrected chi connectivity index (χ3v) is 4.02.